The number of hydrogen-bond acceptors (Lipinski definition) is 2. The van der Waals surface area contributed by atoms with Gasteiger partial charge in [-0.1, -0.05) is 25.1 Å². The number of carbonyl (C=O) groups excluding carboxylic acids is 1. The molecule has 0 radical (unpaired) electrons. The molecule has 0 spiro atoms. The summed E-state index contributed by atoms with van der Waals surface area (Å²) in [6.07, 6.45) is 3.27. The quantitative estimate of drug-likeness (QED) is 0.536. The van der Waals surface area contributed by atoms with Crippen LogP contribution in [0, 0.1) is 11.3 Å². The Morgan fingerprint density at radius 2 is 2.21 bits per heavy atom. The van der Waals surface area contributed by atoms with Gasteiger partial charge in [0, 0.05) is 0 Å². The number of hydrogen-bond donors (Lipinski definition) is 0. The molecule has 0 aliphatic rings. The van der Waals surface area contributed by atoms with E-state index in [1.165, 1.54) is 0 Å². The van der Waals surface area contributed by atoms with Crippen molar-refractivity contribution in [2.45, 2.75) is 13.3 Å². The van der Waals surface area contributed by atoms with Crippen LogP contribution in [0.4, 0.5) is 0 Å². The highest BCUT2D eigenvalue weighted by atomic mass is 16.1. The van der Waals surface area contributed by atoms with Crippen LogP contribution < -0.4 is 0 Å². The van der Waals surface area contributed by atoms with E-state index in [1.54, 1.807) is 12.1 Å². The minimum Gasteiger partial charge on any atom is -0.298 e. The maximum Gasteiger partial charge on any atom is 0.146 e. The Kier molecular flexibility index (Phi) is 3.63. The Morgan fingerprint density at radius 3 is 2.79 bits per heavy atom. The molecule has 0 amide bonds. The van der Waals surface area contributed by atoms with Gasteiger partial charge in [0.2, 0.25) is 0 Å². The van der Waals surface area contributed by atoms with Crippen molar-refractivity contribution in [2.24, 2.45) is 0 Å². The van der Waals surface area contributed by atoms with Gasteiger partial charge in [-0.15, -0.1) is 0 Å². The predicted octanol–water partition coefficient (Wildman–Crippen LogP) is 2.55. The first-order valence-electron chi connectivity index (χ1n) is 4.46. The van der Waals surface area contributed by atoms with Crippen molar-refractivity contribution >= 4 is 12.4 Å². The fraction of sp³-hybridized carbons (Fsp3) is 0.167. The normalized spacial score (nSPS) is 10.7. The van der Waals surface area contributed by atoms with Gasteiger partial charge in [-0.2, -0.15) is 5.26 Å². The first kappa shape index (κ1) is 10.2. The molecule has 0 aliphatic heterocycles. The van der Waals surface area contributed by atoms with Crippen LogP contribution >= 0.6 is 0 Å². The minimum atomic E-state index is 0.598. The van der Waals surface area contributed by atoms with E-state index in [0.29, 0.717) is 17.6 Å². The molecule has 1 aromatic rings. The van der Waals surface area contributed by atoms with Gasteiger partial charge in [-0.3, -0.25) is 4.79 Å². The van der Waals surface area contributed by atoms with Gasteiger partial charge >= 0.3 is 0 Å². The minimum absolute atomic E-state index is 0.598. The molecule has 0 saturated carbocycles. The molecule has 14 heavy (non-hydrogen) atoms. The lowest BCUT2D eigenvalue weighted by Crippen LogP contribution is -1.85. The van der Waals surface area contributed by atoms with E-state index < -0.39 is 0 Å². The van der Waals surface area contributed by atoms with Gasteiger partial charge in [0.1, 0.15) is 6.29 Å². The average molecular weight is 185 g/mol. The van der Waals surface area contributed by atoms with Crippen LogP contribution in [0.25, 0.3) is 6.08 Å². The third kappa shape index (κ3) is 2.30. The maximum atomic E-state index is 10.6. The summed E-state index contributed by atoms with van der Waals surface area (Å²) < 4.78 is 0. The molecule has 0 fully saturated rings. The molecular formula is C12H11NO. The summed E-state index contributed by atoms with van der Waals surface area (Å²) in [4.78, 5) is 10.6. The Labute approximate surface area is 83.5 Å². The second-order valence-electron chi connectivity index (χ2n) is 2.89. The summed E-state index contributed by atoms with van der Waals surface area (Å²) in [5, 5.41) is 8.81. The van der Waals surface area contributed by atoms with Crippen molar-refractivity contribution in [3.05, 3.63) is 41.0 Å². The molecule has 0 bridgehead atoms. The first-order valence-corrected chi connectivity index (χ1v) is 4.46. The molecular weight excluding hydrogens is 174 g/mol. The lowest BCUT2D eigenvalue weighted by Gasteiger charge is -1.98. The van der Waals surface area contributed by atoms with E-state index in [-0.39, 0.29) is 0 Å². The van der Waals surface area contributed by atoms with Crippen molar-refractivity contribution in [1.82, 2.24) is 0 Å². The smallest absolute Gasteiger partial charge is 0.146 e. The van der Waals surface area contributed by atoms with Crippen LogP contribution in [-0.2, 0) is 4.79 Å². The van der Waals surface area contributed by atoms with E-state index in [2.05, 4.69) is 6.07 Å². The van der Waals surface area contributed by atoms with Gasteiger partial charge in [-0.05, 0) is 29.7 Å². The molecule has 1 aromatic carbocycles. The van der Waals surface area contributed by atoms with Crippen LogP contribution in [0.3, 0.4) is 0 Å². The molecule has 1 rings (SSSR count). The second-order valence-corrected chi connectivity index (χ2v) is 2.89. The molecule has 0 N–H and O–H groups in total. The van der Waals surface area contributed by atoms with Gasteiger partial charge in [0.15, 0.2) is 0 Å². The van der Waals surface area contributed by atoms with Crippen LogP contribution in [0.15, 0.2) is 29.8 Å². The fourth-order valence-corrected chi connectivity index (χ4v) is 1.14. The van der Waals surface area contributed by atoms with Crippen molar-refractivity contribution < 1.29 is 4.79 Å². The topological polar surface area (TPSA) is 40.9 Å². The molecule has 0 atom stereocenters. The molecule has 0 saturated heterocycles. The molecule has 2 nitrogen and oxygen atoms in total. The average Bonchev–Trinajstić information content (AvgIpc) is 2.26. The SMILES string of the molecule is CC/C(C=O)=C/c1ccccc1C#N. The number of nitrogens with zero attached hydrogens (tertiary/aromatic N) is 1. The number of nitriles is 1. The van der Waals surface area contributed by atoms with Crippen LogP contribution in [0.5, 0.6) is 0 Å². The zero-order valence-corrected chi connectivity index (χ0v) is 8.03. The van der Waals surface area contributed by atoms with Crippen LogP contribution in [0.1, 0.15) is 24.5 Å². The number of carbonyl (C=O) groups is 1. The van der Waals surface area contributed by atoms with Crippen molar-refractivity contribution in [2.75, 3.05) is 0 Å². The maximum absolute atomic E-state index is 10.6. The summed E-state index contributed by atoms with van der Waals surface area (Å²) in [5.74, 6) is 0. The highest BCUT2D eigenvalue weighted by molar-refractivity contribution is 5.82. The molecule has 0 aromatic heterocycles. The Bertz CT molecular complexity index is 399. The zero-order valence-electron chi connectivity index (χ0n) is 8.03. The third-order valence-electron chi connectivity index (χ3n) is 1.98. The van der Waals surface area contributed by atoms with E-state index in [9.17, 15) is 4.79 Å². The van der Waals surface area contributed by atoms with E-state index >= 15 is 0 Å². The molecule has 2 heteroatoms. The highest BCUT2D eigenvalue weighted by Gasteiger charge is 1.98. The van der Waals surface area contributed by atoms with Crippen molar-refractivity contribution in [1.29, 1.82) is 5.26 Å². The van der Waals surface area contributed by atoms with E-state index in [0.717, 1.165) is 11.8 Å². The largest absolute Gasteiger partial charge is 0.298 e. The lowest BCUT2D eigenvalue weighted by molar-refractivity contribution is -0.104. The number of allylic oxidation sites excluding steroid dienone is 1. The van der Waals surface area contributed by atoms with Gasteiger partial charge < -0.3 is 0 Å². The summed E-state index contributed by atoms with van der Waals surface area (Å²) in [6.45, 7) is 1.91. The zero-order chi connectivity index (χ0) is 10.4. The van der Waals surface area contributed by atoms with Gasteiger partial charge in [-0.25, -0.2) is 0 Å². The monoisotopic (exact) mass is 185 g/mol. The lowest BCUT2D eigenvalue weighted by atomic mass is 10.0. The standard InChI is InChI=1S/C12H11NO/c1-2-10(9-14)7-11-5-3-4-6-12(11)8-13/h3-7,9H,2H2,1H3/b10-7-. The fourth-order valence-electron chi connectivity index (χ4n) is 1.14. The highest BCUT2D eigenvalue weighted by Crippen LogP contribution is 2.12. The van der Waals surface area contributed by atoms with Gasteiger partial charge in [0.05, 0.1) is 11.6 Å². The Balaban J connectivity index is 3.14. The molecule has 0 aliphatic carbocycles. The number of benzene rings is 1. The predicted molar refractivity (Wildman–Crippen MR) is 55.5 cm³/mol. The summed E-state index contributed by atoms with van der Waals surface area (Å²) in [5.41, 5.74) is 2.10. The van der Waals surface area contributed by atoms with Crippen molar-refractivity contribution in [3.63, 3.8) is 0 Å². The number of rotatable bonds is 3. The Morgan fingerprint density at radius 1 is 1.50 bits per heavy atom. The number of aldehydes is 1. The Hall–Kier alpha value is -1.88. The second kappa shape index (κ2) is 4.98. The summed E-state index contributed by atoms with van der Waals surface area (Å²) in [7, 11) is 0. The molecule has 0 unspecified atom stereocenters. The van der Waals surface area contributed by atoms with Crippen LogP contribution in [-0.4, -0.2) is 6.29 Å². The summed E-state index contributed by atoms with van der Waals surface area (Å²) in [6, 6.07) is 9.32. The summed E-state index contributed by atoms with van der Waals surface area (Å²) >= 11 is 0. The van der Waals surface area contributed by atoms with E-state index in [1.807, 2.05) is 25.1 Å². The van der Waals surface area contributed by atoms with Crippen LogP contribution in [0.2, 0.25) is 0 Å². The van der Waals surface area contributed by atoms with Crippen molar-refractivity contribution in [3.8, 4) is 6.07 Å². The third-order valence-corrected chi connectivity index (χ3v) is 1.98. The molecule has 0 heterocycles. The van der Waals surface area contributed by atoms with E-state index in [4.69, 9.17) is 5.26 Å². The first-order chi connectivity index (χ1) is 6.81. The van der Waals surface area contributed by atoms with Gasteiger partial charge in [0.25, 0.3) is 0 Å². The molecule has 70 valence electrons.